The van der Waals surface area contributed by atoms with Crippen LogP contribution in [-0.2, 0) is 5.41 Å². The van der Waals surface area contributed by atoms with Crippen molar-refractivity contribution < 1.29 is 0 Å². The lowest BCUT2D eigenvalue weighted by molar-refractivity contribution is 0.118. The van der Waals surface area contributed by atoms with Crippen LogP contribution < -0.4 is 9.80 Å². The van der Waals surface area contributed by atoms with Crippen LogP contribution in [-0.4, -0.2) is 18.2 Å². The van der Waals surface area contributed by atoms with E-state index in [4.69, 9.17) is 0 Å². The third kappa shape index (κ3) is 1.74. The van der Waals surface area contributed by atoms with Crippen molar-refractivity contribution in [2.24, 2.45) is 5.41 Å². The smallest absolute Gasteiger partial charge is 0.113 e. The Morgan fingerprint density at radius 2 is 1.88 bits per heavy atom. The number of pyridine rings is 1. The highest BCUT2D eigenvalue weighted by Gasteiger charge is 2.60. The molecule has 3 nitrogen and oxygen atoms in total. The van der Waals surface area contributed by atoms with Crippen LogP contribution in [0.1, 0.15) is 39.2 Å². The Labute approximate surface area is 151 Å². The molecule has 25 heavy (non-hydrogen) atoms. The van der Waals surface area contributed by atoms with Gasteiger partial charge in [-0.15, -0.1) is 6.58 Å². The average Bonchev–Trinajstić information content (AvgIpc) is 2.97. The quantitative estimate of drug-likeness (QED) is 0.714. The maximum Gasteiger partial charge on any atom is 0.113 e. The number of nitrogens with zero attached hydrogens (tertiary/aromatic N) is 3. The minimum atomic E-state index is -0.0523. The highest BCUT2D eigenvalue weighted by Crippen LogP contribution is 2.63. The second kappa shape index (κ2) is 5.35. The first-order chi connectivity index (χ1) is 12.1. The summed E-state index contributed by atoms with van der Waals surface area (Å²) in [4.78, 5) is 9.32. The Bertz CT molecular complexity index is 830. The number of hydrogen-bond donors (Lipinski definition) is 0. The van der Waals surface area contributed by atoms with Crippen molar-refractivity contribution in [3.63, 3.8) is 0 Å². The molecule has 0 saturated heterocycles. The molecular weight excluding hydrogens is 306 g/mol. The van der Waals surface area contributed by atoms with E-state index in [1.54, 1.807) is 0 Å². The summed E-state index contributed by atoms with van der Waals surface area (Å²) >= 11 is 0. The van der Waals surface area contributed by atoms with E-state index in [1.807, 2.05) is 12.4 Å². The standard InChI is InChI=1S/C22H27N3/c1-6-21(4)20-24(5)19-15-23-14-13-18(19)25(20)17-12-10-9-11-16(17)22(21,7-2)8-3/h7,9-15,20H,2,6,8H2,1,3-5H3. The van der Waals surface area contributed by atoms with Crippen molar-refractivity contribution in [3.8, 4) is 0 Å². The Hall–Kier alpha value is -2.29. The summed E-state index contributed by atoms with van der Waals surface area (Å²) in [5.74, 6) is 0. The van der Waals surface area contributed by atoms with Crippen LogP contribution in [0, 0.1) is 5.41 Å². The Morgan fingerprint density at radius 3 is 2.56 bits per heavy atom. The zero-order valence-electron chi connectivity index (χ0n) is 15.7. The number of para-hydroxylation sites is 1. The summed E-state index contributed by atoms with van der Waals surface area (Å²) < 4.78 is 0. The molecule has 2 aliphatic rings. The summed E-state index contributed by atoms with van der Waals surface area (Å²) in [5, 5.41) is 0. The van der Waals surface area contributed by atoms with Crippen molar-refractivity contribution >= 4 is 17.1 Å². The average molecular weight is 333 g/mol. The van der Waals surface area contributed by atoms with Gasteiger partial charge >= 0.3 is 0 Å². The van der Waals surface area contributed by atoms with Gasteiger partial charge < -0.3 is 9.80 Å². The monoisotopic (exact) mass is 333 g/mol. The molecule has 3 unspecified atom stereocenters. The van der Waals surface area contributed by atoms with Gasteiger partial charge in [0.15, 0.2) is 0 Å². The van der Waals surface area contributed by atoms with Gasteiger partial charge in [0.2, 0.25) is 0 Å². The lowest BCUT2D eigenvalue weighted by Crippen LogP contribution is -2.62. The number of aromatic nitrogens is 1. The Balaban J connectivity index is 2.09. The van der Waals surface area contributed by atoms with Gasteiger partial charge in [0.1, 0.15) is 6.17 Å². The molecule has 2 aromatic rings. The molecule has 0 amide bonds. The molecule has 130 valence electrons. The minimum Gasteiger partial charge on any atom is -0.350 e. The second-order valence-electron chi connectivity index (χ2n) is 7.54. The van der Waals surface area contributed by atoms with Crippen LogP contribution in [0.5, 0.6) is 0 Å². The van der Waals surface area contributed by atoms with E-state index in [-0.39, 0.29) is 17.0 Å². The van der Waals surface area contributed by atoms with Crippen molar-refractivity contribution in [3.05, 3.63) is 60.9 Å². The van der Waals surface area contributed by atoms with Gasteiger partial charge in [-0.3, -0.25) is 4.98 Å². The van der Waals surface area contributed by atoms with Crippen LogP contribution in [0.15, 0.2) is 55.4 Å². The molecular formula is C22H27N3. The number of allylic oxidation sites excluding steroid dienone is 1. The molecule has 3 heteroatoms. The topological polar surface area (TPSA) is 19.4 Å². The van der Waals surface area contributed by atoms with Gasteiger partial charge in [-0.2, -0.15) is 0 Å². The van der Waals surface area contributed by atoms with Crippen LogP contribution in [0.2, 0.25) is 0 Å². The summed E-state index contributed by atoms with van der Waals surface area (Å²) in [5.41, 5.74) is 5.14. The van der Waals surface area contributed by atoms with Gasteiger partial charge in [0, 0.05) is 29.8 Å². The van der Waals surface area contributed by atoms with Crippen molar-refractivity contribution in [1.82, 2.24) is 4.98 Å². The molecule has 1 aromatic heterocycles. The molecule has 3 atom stereocenters. The maximum atomic E-state index is 4.38. The molecule has 1 aromatic carbocycles. The molecule has 0 N–H and O–H groups in total. The molecule has 0 fully saturated rings. The Kier molecular flexibility index (Phi) is 3.47. The first-order valence-corrected chi connectivity index (χ1v) is 9.25. The summed E-state index contributed by atoms with van der Waals surface area (Å²) in [6.45, 7) is 11.4. The molecule has 0 spiro atoms. The molecule has 0 saturated carbocycles. The molecule has 3 heterocycles. The Morgan fingerprint density at radius 1 is 1.12 bits per heavy atom. The van der Waals surface area contributed by atoms with Crippen molar-refractivity contribution in [2.45, 2.75) is 45.2 Å². The van der Waals surface area contributed by atoms with E-state index in [0.717, 1.165) is 12.8 Å². The number of anilines is 3. The number of fused-ring (bicyclic) bond motifs is 5. The molecule has 0 bridgehead atoms. The highest BCUT2D eigenvalue weighted by atomic mass is 15.4. The van der Waals surface area contributed by atoms with Crippen LogP contribution in [0.25, 0.3) is 0 Å². The second-order valence-corrected chi connectivity index (χ2v) is 7.54. The van der Waals surface area contributed by atoms with Gasteiger partial charge in [0.25, 0.3) is 0 Å². The van der Waals surface area contributed by atoms with E-state index in [1.165, 1.54) is 22.6 Å². The van der Waals surface area contributed by atoms with E-state index >= 15 is 0 Å². The lowest BCUT2D eigenvalue weighted by Gasteiger charge is -2.59. The fraction of sp³-hybridized carbons (Fsp3) is 0.409. The predicted octanol–water partition coefficient (Wildman–Crippen LogP) is 5.26. The highest BCUT2D eigenvalue weighted by molar-refractivity contribution is 5.86. The van der Waals surface area contributed by atoms with Gasteiger partial charge in [0.05, 0.1) is 17.6 Å². The molecule has 2 aliphatic heterocycles. The first kappa shape index (κ1) is 16.2. The molecule has 0 radical (unpaired) electrons. The lowest BCUT2D eigenvalue weighted by atomic mass is 9.54. The molecule has 0 aliphatic carbocycles. The van der Waals surface area contributed by atoms with Crippen molar-refractivity contribution in [1.29, 1.82) is 0 Å². The third-order valence-electron chi connectivity index (χ3n) is 6.90. The summed E-state index contributed by atoms with van der Waals surface area (Å²) in [6, 6.07) is 11.0. The minimum absolute atomic E-state index is 0.0334. The fourth-order valence-electron chi connectivity index (χ4n) is 5.44. The number of rotatable bonds is 3. The normalized spacial score (nSPS) is 29.8. The van der Waals surface area contributed by atoms with E-state index in [0.29, 0.717) is 0 Å². The maximum absolute atomic E-state index is 4.38. The summed E-state index contributed by atoms with van der Waals surface area (Å²) in [6.07, 6.45) is 8.48. The zero-order valence-corrected chi connectivity index (χ0v) is 15.7. The van der Waals surface area contributed by atoms with E-state index in [2.05, 4.69) is 85.6 Å². The van der Waals surface area contributed by atoms with E-state index < -0.39 is 0 Å². The zero-order chi connectivity index (χ0) is 17.8. The van der Waals surface area contributed by atoms with Gasteiger partial charge in [-0.25, -0.2) is 0 Å². The first-order valence-electron chi connectivity index (χ1n) is 9.25. The largest absolute Gasteiger partial charge is 0.350 e. The summed E-state index contributed by atoms with van der Waals surface area (Å²) in [7, 11) is 2.20. The molecule has 4 rings (SSSR count). The predicted molar refractivity (Wildman–Crippen MR) is 106 cm³/mol. The number of benzene rings is 1. The van der Waals surface area contributed by atoms with Gasteiger partial charge in [-0.1, -0.05) is 45.0 Å². The van der Waals surface area contributed by atoms with Crippen LogP contribution >= 0.6 is 0 Å². The van der Waals surface area contributed by atoms with Crippen LogP contribution in [0.3, 0.4) is 0 Å². The van der Waals surface area contributed by atoms with Crippen LogP contribution in [0.4, 0.5) is 17.1 Å². The fourth-order valence-corrected chi connectivity index (χ4v) is 5.44. The number of hydrogen-bond acceptors (Lipinski definition) is 3. The SMILES string of the molecule is C=CC1(CC)c2ccccc2N2c3ccncc3N(C)C2C1(C)CC. The van der Waals surface area contributed by atoms with Gasteiger partial charge in [-0.05, 0) is 30.5 Å². The van der Waals surface area contributed by atoms with Crippen molar-refractivity contribution in [2.75, 3.05) is 16.8 Å². The van der Waals surface area contributed by atoms with E-state index in [9.17, 15) is 0 Å². The third-order valence-corrected chi connectivity index (χ3v) is 6.90.